The third-order valence-electron chi connectivity index (χ3n) is 6.28. The Balaban J connectivity index is 2.07. The molecule has 0 spiro atoms. The summed E-state index contributed by atoms with van der Waals surface area (Å²) in [5.41, 5.74) is 3.35. The molecule has 2 aromatic carbocycles. The predicted molar refractivity (Wildman–Crippen MR) is 139 cm³/mol. The first-order chi connectivity index (χ1) is 16.3. The third kappa shape index (κ3) is 9.30. The minimum absolute atomic E-state index is 0.00443. The SMILES string of the molecule is CCCCCCC(=O)N[C@@H](Cc1ccc(-c2ccccc2)cc1)C(O)CCN(C(C)=O)C(C)C. The van der Waals surface area contributed by atoms with Gasteiger partial charge in [-0.05, 0) is 49.8 Å². The van der Waals surface area contributed by atoms with Crippen LogP contribution in [0.1, 0.15) is 71.8 Å². The molecule has 2 atom stereocenters. The van der Waals surface area contributed by atoms with E-state index in [4.69, 9.17) is 0 Å². The largest absolute Gasteiger partial charge is 0.391 e. The zero-order valence-electron chi connectivity index (χ0n) is 21.3. The Hall–Kier alpha value is -2.66. The molecule has 186 valence electrons. The minimum atomic E-state index is -0.742. The summed E-state index contributed by atoms with van der Waals surface area (Å²) in [6.45, 7) is 8.10. The summed E-state index contributed by atoms with van der Waals surface area (Å²) in [7, 11) is 0. The maximum absolute atomic E-state index is 12.6. The summed E-state index contributed by atoms with van der Waals surface area (Å²) < 4.78 is 0. The molecule has 2 aromatic rings. The second-order valence-corrected chi connectivity index (χ2v) is 9.41. The molecule has 0 radical (unpaired) electrons. The standard InChI is InChI=1S/C29H42N2O3/c1-5-6-7-11-14-29(34)30-27(28(33)19-20-31(22(2)3)23(4)32)21-24-15-17-26(18-16-24)25-12-9-8-10-13-25/h8-10,12-13,15-18,22,27-28,33H,5-7,11,14,19-21H2,1-4H3,(H,30,34)/t27-,28?/m0/s1. The number of aliphatic hydroxyl groups is 1. The molecule has 2 rings (SSSR count). The van der Waals surface area contributed by atoms with Crippen LogP contribution in [0.15, 0.2) is 54.6 Å². The summed E-state index contributed by atoms with van der Waals surface area (Å²) >= 11 is 0. The highest BCUT2D eigenvalue weighted by molar-refractivity contribution is 5.76. The molecule has 0 aliphatic rings. The quantitative estimate of drug-likeness (QED) is 0.368. The molecule has 2 N–H and O–H groups in total. The van der Waals surface area contributed by atoms with E-state index < -0.39 is 12.1 Å². The van der Waals surface area contributed by atoms with Gasteiger partial charge in [0, 0.05) is 25.9 Å². The maximum atomic E-state index is 12.6. The summed E-state index contributed by atoms with van der Waals surface area (Å²) in [5.74, 6) is -0.0245. The van der Waals surface area contributed by atoms with E-state index in [1.165, 1.54) is 0 Å². The van der Waals surface area contributed by atoms with E-state index in [2.05, 4.69) is 48.6 Å². The van der Waals surface area contributed by atoms with Crippen molar-refractivity contribution in [3.05, 3.63) is 60.2 Å². The van der Waals surface area contributed by atoms with Crippen LogP contribution in [0.5, 0.6) is 0 Å². The van der Waals surface area contributed by atoms with Crippen molar-refractivity contribution in [3.8, 4) is 11.1 Å². The van der Waals surface area contributed by atoms with Crippen LogP contribution >= 0.6 is 0 Å². The highest BCUT2D eigenvalue weighted by atomic mass is 16.3. The molecule has 0 aliphatic heterocycles. The Morgan fingerprint density at radius 2 is 1.59 bits per heavy atom. The van der Waals surface area contributed by atoms with Crippen LogP contribution in [-0.2, 0) is 16.0 Å². The van der Waals surface area contributed by atoms with E-state index in [0.29, 0.717) is 25.8 Å². The van der Waals surface area contributed by atoms with Crippen molar-refractivity contribution in [2.24, 2.45) is 0 Å². The first-order valence-electron chi connectivity index (χ1n) is 12.7. The van der Waals surface area contributed by atoms with Crippen molar-refractivity contribution in [1.82, 2.24) is 10.2 Å². The Bertz CT molecular complexity index is 865. The van der Waals surface area contributed by atoms with Gasteiger partial charge in [0.1, 0.15) is 0 Å². The van der Waals surface area contributed by atoms with Crippen LogP contribution in [0, 0.1) is 0 Å². The molecule has 2 amide bonds. The molecule has 0 saturated carbocycles. The summed E-state index contributed by atoms with van der Waals surface area (Å²) in [5, 5.41) is 14.1. The number of carbonyl (C=O) groups is 2. The Kier molecular flexibility index (Phi) is 11.8. The minimum Gasteiger partial charge on any atom is -0.391 e. The topological polar surface area (TPSA) is 69.6 Å². The van der Waals surface area contributed by atoms with Crippen molar-refractivity contribution in [2.45, 2.75) is 90.8 Å². The normalized spacial score (nSPS) is 12.9. The van der Waals surface area contributed by atoms with Gasteiger partial charge in [-0.15, -0.1) is 0 Å². The van der Waals surface area contributed by atoms with Crippen molar-refractivity contribution in [2.75, 3.05) is 6.54 Å². The lowest BCUT2D eigenvalue weighted by molar-refractivity contribution is -0.131. The molecule has 0 bridgehead atoms. The molecule has 0 aromatic heterocycles. The summed E-state index contributed by atoms with van der Waals surface area (Å²) in [4.78, 5) is 26.3. The van der Waals surface area contributed by atoms with E-state index in [-0.39, 0.29) is 17.9 Å². The number of benzene rings is 2. The third-order valence-corrected chi connectivity index (χ3v) is 6.28. The van der Waals surface area contributed by atoms with Crippen LogP contribution in [-0.4, -0.2) is 46.6 Å². The Morgan fingerprint density at radius 3 is 2.18 bits per heavy atom. The van der Waals surface area contributed by atoms with E-state index in [1.54, 1.807) is 11.8 Å². The average molecular weight is 467 g/mol. The van der Waals surface area contributed by atoms with Gasteiger partial charge in [-0.3, -0.25) is 9.59 Å². The van der Waals surface area contributed by atoms with Gasteiger partial charge in [0.25, 0.3) is 0 Å². The highest BCUT2D eigenvalue weighted by Gasteiger charge is 2.24. The lowest BCUT2D eigenvalue weighted by Gasteiger charge is -2.29. The van der Waals surface area contributed by atoms with E-state index in [0.717, 1.165) is 42.4 Å². The van der Waals surface area contributed by atoms with Gasteiger partial charge in [0.05, 0.1) is 12.1 Å². The first-order valence-corrected chi connectivity index (χ1v) is 12.7. The van der Waals surface area contributed by atoms with Crippen molar-refractivity contribution < 1.29 is 14.7 Å². The number of hydrogen-bond acceptors (Lipinski definition) is 3. The van der Waals surface area contributed by atoms with E-state index in [9.17, 15) is 14.7 Å². The zero-order chi connectivity index (χ0) is 24.9. The first kappa shape index (κ1) is 27.6. The molecule has 0 aliphatic carbocycles. The smallest absolute Gasteiger partial charge is 0.220 e. The molecule has 0 heterocycles. The highest BCUT2D eigenvalue weighted by Crippen LogP contribution is 2.20. The van der Waals surface area contributed by atoms with Crippen LogP contribution < -0.4 is 5.32 Å². The van der Waals surface area contributed by atoms with Crippen LogP contribution in [0.25, 0.3) is 11.1 Å². The number of nitrogens with zero attached hydrogens (tertiary/aromatic N) is 1. The van der Waals surface area contributed by atoms with Gasteiger partial charge in [-0.25, -0.2) is 0 Å². The fourth-order valence-corrected chi connectivity index (χ4v) is 4.24. The number of unbranched alkanes of at least 4 members (excludes halogenated alkanes) is 3. The predicted octanol–water partition coefficient (Wildman–Crippen LogP) is 5.36. The number of amides is 2. The molecular formula is C29H42N2O3. The lowest BCUT2D eigenvalue weighted by atomic mass is 9.96. The van der Waals surface area contributed by atoms with Crippen LogP contribution in [0.2, 0.25) is 0 Å². The molecule has 5 nitrogen and oxygen atoms in total. The van der Waals surface area contributed by atoms with Crippen molar-refractivity contribution in [1.29, 1.82) is 0 Å². The van der Waals surface area contributed by atoms with Gasteiger partial charge in [-0.1, -0.05) is 80.8 Å². The number of aliphatic hydroxyl groups excluding tert-OH is 1. The maximum Gasteiger partial charge on any atom is 0.220 e. The van der Waals surface area contributed by atoms with Crippen molar-refractivity contribution in [3.63, 3.8) is 0 Å². The average Bonchev–Trinajstić information content (AvgIpc) is 2.82. The fraction of sp³-hybridized carbons (Fsp3) is 0.517. The van der Waals surface area contributed by atoms with Crippen LogP contribution in [0.4, 0.5) is 0 Å². The van der Waals surface area contributed by atoms with Gasteiger partial charge in [-0.2, -0.15) is 0 Å². The Labute approximate surface area is 205 Å². The number of hydrogen-bond donors (Lipinski definition) is 2. The summed E-state index contributed by atoms with van der Waals surface area (Å²) in [6.07, 6.45) is 4.85. The van der Waals surface area contributed by atoms with Gasteiger partial charge in [0.2, 0.25) is 11.8 Å². The van der Waals surface area contributed by atoms with Crippen LogP contribution in [0.3, 0.4) is 0 Å². The number of carbonyl (C=O) groups excluding carboxylic acids is 2. The van der Waals surface area contributed by atoms with Gasteiger partial charge >= 0.3 is 0 Å². The summed E-state index contributed by atoms with van der Waals surface area (Å²) in [6, 6.07) is 18.2. The molecule has 1 unspecified atom stereocenters. The van der Waals surface area contributed by atoms with E-state index >= 15 is 0 Å². The zero-order valence-corrected chi connectivity index (χ0v) is 21.3. The molecule has 0 saturated heterocycles. The second kappa shape index (κ2) is 14.6. The van der Waals surface area contributed by atoms with Crippen molar-refractivity contribution >= 4 is 11.8 Å². The second-order valence-electron chi connectivity index (χ2n) is 9.41. The fourth-order valence-electron chi connectivity index (χ4n) is 4.24. The molecular weight excluding hydrogens is 424 g/mol. The Morgan fingerprint density at radius 1 is 0.941 bits per heavy atom. The number of rotatable bonds is 14. The van der Waals surface area contributed by atoms with Gasteiger partial charge < -0.3 is 15.3 Å². The number of nitrogens with one attached hydrogen (secondary N) is 1. The molecule has 5 heteroatoms. The lowest BCUT2D eigenvalue weighted by Crippen LogP contribution is -2.47. The van der Waals surface area contributed by atoms with E-state index in [1.807, 2.05) is 32.0 Å². The van der Waals surface area contributed by atoms with Gasteiger partial charge in [0.15, 0.2) is 0 Å². The monoisotopic (exact) mass is 466 g/mol. The molecule has 34 heavy (non-hydrogen) atoms. The molecule has 0 fully saturated rings.